The molecule has 2 heterocycles. The molecule has 5 nitrogen and oxygen atoms in total. The second-order valence-electron chi connectivity index (χ2n) is 5.62. The van der Waals surface area contributed by atoms with E-state index in [-0.39, 0.29) is 11.9 Å². The molecule has 2 aromatic rings. The van der Waals surface area contributed by atoms with Gasteiger partial charge in [-0.3, -0.25) is 9.79 Å². The van der Waals surface area contributed by atoms with Crippen molar-refractivity contribution in [1.82, 2.24) is 10.3 Å². The van der Waals surface area contributed by atoms with E-state index >= 15 is 0 Å². The van der Waals surface area contributed by atoms with Crippen LogP contribution < -0.4 is 10.2 Å². The number of carbonyl (C=O) groups excluding carboxylic acids is 1. The van der Waals surface area contributed by atoms with Crippen LogP contribution in [0.1, 0.15) is 18.4 Å². The molecular weight excluding hydrogens is 328 g/mol. The maximum atomic E-state index is 12.0. The molecule has 1 amide bonds. The fourth-order valence-electron chi connectivity index (χ4n) is 2.27. The fraction of sp³-hybridized carbons (Fsp3) is 0.438. The Bertz CT molecular complexity index is 754. The van der Waals surface area contributed by atoms with Gasteiger partial charge in [0.1, 0.15) is 16.1 Å². The van der Waals surface area contributed by atoms with Crippen LogP contribution in [0.15, 0.2) is 23.2 Å². The average molecular weight is 348 g/mol. The number of hydrogen-bond donors (Lipinski definition) is 1. The van der Waals surface area contributed by atoms with E-state index in [2.05, 4.69) is 32.3 Å². The van der Waals surface area contributed by atoms with Crippen LogP contribution in [0.3, 0.4) is 0 Å². The van der Waals surface area contributed by atoms with Crippen molar-refractivity contribution in [2.45, 2.75) is 19.4 Å². The zero-order chi connectivity index (χ0) is 16.4. The topological polar surface area (TPSA) is 57.6 Å². The number of rotatable bonds is 5. The van der Waals surface area contributed by atoms with Crippen molar-refractivity contribution in [2.24, 2.45) is 4.99 Å². The third-order valence-electron chi connectivity index (χ3n) is 3.57. The lowest BCUT2D eigenvalue weighted by Gasteiger charge is -2.11. The Morgan fingerprint density at radius 2 is 2.26 bits per heavy atom. The molecule has 0 saturated carbocycles. The van der Waals surface area contributed by atoms with Gasteiger partial charge in [-0.1, -0.05) is 6.92 Å². The van der Waals surface area contributed by atoms with Gasteiger partial charge in [0.05, 0.1) is 10.2 Å². The van der Waals surface area contributed by atoms with Crippen molar-refractivity contribution in [3.8, 4) is 0 Å². The predicted octanol–water partition coefficient (Wildman–Crippen LogP) is 2.75. The van der Waals surface area contributed by atoms with E-state index in [9.17, 15) is 4.79 Å². The number of fused-ring (bicyclic) bond motifs is 1. The maximum absolute atomic E-state index is 12.0. The van der Waals surface area contributed by atoms with Crippen LogP contribution in [-0.2, 0) is 4.79 Å². The van der Waals surface area contributed by atoms with Crippen molar-refractivity contribution in [2.75, 3.05) is 31.3 Å². The molecule has 1 aromatic heterocycles. The minimum absolute atomic E-state index is 0.0188. The second-order valence-corrected chi connectivity index (χ2v) is 7.66. The average Bonchev–Trinajstić information content (AvgIpc) is 3.17. The number of anilines is 1. The number of carbonyl (C=O) groups is 1. The summed E-state index contributed by atoms with van der Waals surface area (Å²) in [5.41, 5.74) is 2.14. The van der Waals surface area contributed by atoms with E-state index in [4.69, 9.17) is 0 Å². The number of nitrogens with zero attached hydrogens (tertiary/aromatic N) is 3. The van der Waals surface area contributed by atoms with Crippen LogP contribution in [0.2, 0.25) is 0 Å². The van der Waals surface area contributed by atoms with Gasteiger partial charge in [0.15, 0.2) is 0 Å². The number of thiazole rings is 1. The van der Waals surface area contributed by atoms with Gasteiger partial charge < -0.3 is 10.2 Å². The summed E-state index contributed by atoms with van der Waals surface area (Å²) in [5.74, 6) is 0.717. The molecule has 3 rings (SSSR count). The first kappa shape index (κ1) is 16.3. The molecule has 0 radical (unpaired) electrons. The monoisotopic (exact) mass is 348 g/mol. The quantitative estimate of drug-likeness (QED) is 0.903. The highest BCUT2D eigenvalue weighted by molar-refractivity contribution is 8.15. The summed E-state index contributed by atoms with van der Waals surface area (Å²) in [6.07, 6.45) is 0.939. The zero-order valence-corrected chi connectivity index (χ0v) is 15.1. The Morgan fingerprint density at radius 1 is 1.43 bits per heavy atom. The lowest BCUT2D eigenvalue weighted by molar-refractivity contribution is -0.121. The van der Waals surface area contributed by atoms with Crippen LogP contribution in [-0.4, -0.2) is 48.4 Å². The summed E-state index contributed by atoms with van der Waals surface area (Å²) >= 11 is 3.25. The fourth-order valence-corrected chi connectivity index (χ4v) is 4.38. The summed E-state index contributed by atoms with van der Waals surface area (Å²) in [6.45, 7) is 2.75. The highest BCUT2D eigenvalue weighted by Crippen LogP contribution is 2.31. The number of benzene rings is 1. The Kier molecular flexibility index (Phi) is 4.87. The molecule has 0 unspecified atom stereocenters. The molecule has 1 N–H and O–H groups in total. The first-order valence-corrected chi connectivity index (χ1v) is 9.45. The number of aliphatic imine (C=N–C) groups is 1. The van der Waals surface area contributed by atoms with Gasteiger partial charge in [-0.05, 0) is 24.6 Å². The van der Waals surface area contributed by atoms with Gasteiger partial charge in [0.25, 0.3) is 0 Å². The standard InChI is InChI=1S/C16H20N4OS2/c1-4-7-17-14(21)12-9-22-15(19-12)16-18-11-6-5-10(20(2)3)8-13(11)23-16/h5-6,8,12H,4,7,9H2,1-3H3,(H,17,21)/t12-/m1/s1. The van der Waals surface area contributed by atoms with E-state index in [1.165, 1.54) is 0 Å². The predicted molar refractivity (Wildman–Crippen MR) is 100 cm³/mol. The van der Waals surface area contributed by atoms with Gasteiger partial charge in [0.2, 0.25) is 5.91 Å². The Hall–Kier alpha value is -1.60. The second kappa shape index (κ2) is 6.88. The van der Waals surface area contributed by atoms with Crippen molar-refractivity contribution in [1.29, 1.82) is 0 Å². The molecule has 0 bridgehead atoms. The van der Waals surface area contributed by atoms with Crippen molar-refractivity contribution in [3.05, 3.63) is 23.2 Å². The third kappa shape index (κ3) is 3.50. The summed E-state index contributed by atoms with van der Waals surface area (Å²) in [5, 5.41) is 4.70. The molecule has 1 aliphatic heterocycles. The molecule has 0 fully saturated rings. The van der Waals surface area contributed by atoms with Crippen LogP contribution in [0.25, 0.3) is 10.2 Å². The summed E-state index contributed by atoms with van der Waals surface area (Å²) in [4.78, 5) is 23.3. The summed E-state index contributed by atoms with van der Waals surface area (Å²) in [7, 11) is 4.05. The van der Waals surface area contributed by atoms with Gasteiger partial charge in [-0.15, -0.1) is 23.1 Å². The normalized spacial score (nSPS) is 17.3. The summed E-state index contributed by atoms with van der Waals surface area (Å²) in [6, 6.07) is 5.96. The maximum Gasteiger partial charge on any atom is 0.245 e. The molecular formula is C16H20N4OS2. The minimum Gasteiger partial charge on any atom is -0.378 e. The smallest absolute Gasteiger partial charge is 0.245 e. The van der Waals surface area contributed by atoms with Crippen LogP contribution in [0.4, 0.5) is 5.69 Å². The number of amides is 1. The zero-order valence-electron chi connectivity index (χ0n) is 13.5. The van der Waals surface area contributed by atoms with Crippen molar-refractivity contribution >= 4 is 50.0 Å². The molecule has 23 heavy (non-hydrogen) atoms. The van der Waals surface area contributed by atoms with E-state index in [0.29, 0.717) is 12.3 Å². The minimum atomic E-state index is -0.286. The molecule has 1 aromatic carbocycles. The van der Waals surface area contributed by atoms with Crippen molar-refractivity contribution in [3.63, 3.8) is 0 Å². The molecule has 1 atom stereocenters. The molecule has 1 aliphatic rings. The highest BCUT2D eigenvalue weighted by Gasteiger charge is 2.27. The number of hydrogen-bond acceptors (Lipinski definition) is 6. The Labute approximate surface area is 144 Å². The van der Waals surface area contributed by atoms with Crippen LogP contribution >= 0.6 is 23.1 Å². The van der Waals surface area contributed by atoms with Gasteiger partial charge in [-0.2, -0.15) is 0 Å². The SMILES string of the molecule is CCCNC(=O)[C@H]1CSC(c2nc3ccc(N(C)C)cc3s2)=N1. The number of aromatic nitrogens is 1. The lowest BCUT2D eigenvalue weighted by Crippen LogP contribution is -2.34. The van der Waals surface area contributed by atoms with Gasteiger partial charge >= 0.3 is 0 Å². The molecule has 0 spiro atoms. The molecule has 7 heteroatoms. The van der Waals surface area contributed by atoms with Crippen LogP contribution in [0, 0.1) is 0 Å². The number of nitrogens with one attached hydrogen (secondary N) is 1. The Morgan fingerprint density at radius 3 is 3.00 bits per heavy atom. The lowest BCUT2D eigenvalue weighted by atomic mass is 10.3. The molecule has 122 valence electrons. The van der Waals surface area contributed by atoms with E-state index in [0.717, 1.165) is 32.4 Å². The Balaban J connectivity index is 1.81. The van der Waals surface area contributed by atoms with Crippen LogP contribution in [0.5, 0.6) is 0 Å². The highest BCUT2D eigenvalue weighted by atomic mass is 32.2. The van der Waals surface area contributed by atoms with E-state index in [1.54, 1.807) is 23.1 Å². The molecule has 0 aliphatic carbocycles. The van der Waals surface area contributed by atoms with Gasteiger partial charge in [-0.25, -0.2) is 4.98 Å². The summed E-state index contributed by atoms with van der Waals surface area (Å²) < 4.78 is 1.15. The van der Waals surface area contributed by atoms with E-state index < -0.39 is 0 Å². The first-order valence-electron chi connectivity index (χ1n) is 7.65. The molecule has 0 saturated heterocycles. The van der Waals surface area contributed by atoms with Gasteiger partial charge in [0, 0.05) is 32.1 Å². The number of thioether (sulfide) groups is 1. The first-order chi connectivity index (χ1) is 11.1. The largest absolute Gasteiger partial charge is 0.378 e. The van der Waals surface area contributed by atoms with E-state index in [1.807, 2.05) is 27.1 Å². The third-order valence-corrected chi connectivity index (χ3v) is 5.78. The van der Waals surface area contributed by atoms with Crippen molar-refractivity contribution < 1.29 is 4.79 Å².